The van der Waals surface area contributed by atoms with Gasteiger partial charge in [0.15, 0.2) is 4.87 Å². The normalized spacial score (nSPS) is 25.0. The minimum absolute atomic E-state index is 0.0387. The Labute approximate surface area is 180 Å². The van der Waals surface area contributed by atoms with Crippen molar-refractivity contribution in [2.45, 2.75) is 42.9 Å². The van der Waals surface area contributed by atoms with Crippen molar-refractivity contribution in [1.82, 2.24) is 4.90 Å². The number of fused-ring (bicyclic) bond motifs is 2. The molecule has 2 aromatic carbocycles. The zero-order valence-corrected chi connectivity index (χ0v) is 18.1. The van der Waals surface area contributed by atoms with Gasteiger partial charge in [-0.2, -0.15) is 0 Å². The second-order valence-corrected chi connectivity index (χ2v) is 11.1. The summed E-state index contributed by atoms with van der Waals surface area (Å²) < 4.78 is -0.220. The number of benzene rings is 2. The van der Waals surface area contributed by atoms with Gasteiger partial charge in [0.25, 0.3) is 5.91 Å². The zero-order chi connectivity index (χ0) is 20.4. The highest BCUT2D eigenvalue weighted by molar-refractivity contribution is 8.02. The van der Waals surface area contributed by atoms with Crippen LogP contribution in [0.3, 0.4) is 0 Å². The van der Waals surface area contributed by atoms with Crippen LogP contribution in [0.25, 0.3) is 0 Å². The van der Waals surface area contributed by atoms with E-state index in [4.69, 9.17) is 11.6 Å². The number of halogens is 1. The molecule has 0 aromatic heterocycles. The van der Waals surface area contributed by atoms with Gasteiger partial charge in [-0.3, -0.25) is 9.59 Å². The highest BCUT2D eigenvalue weighted by Crippen LogP contribution is 2.61. The molecule has 0 radical (unpaired) electrons. The van der Waals surface area contributed by atoms with E-state index in [0.717, 1.165) is 29.7 Å². The topological polar surface area (TPSA) is 40.6 Å². The lowest BCUT2D eigenvalue weighted by Crippen LogP contribution is -2.50. The fraction of sp³-hybridized carbons (Fsp3) is 0.391. The predicted octanol–water partition coefficient (Wildman–Crippen LogP) is 4.80. The van der Waals surface area contributed by atoms with Crippen molar-refractivity contribution in [3.8, 4) is 0 Å². The third kappa shape index (κ3) is 2.98. The minimum Gasteiger partial charge on any atom is -0.314 e. The van der Waals surface area contributed by atoms with Crippen molar-refractivity contribution >= 4 is 40.9 Å². The first-order chi connectivity index (χ1) is 13.8. The van der Waals surface area contributed by atoms with Crippen molar-refractivity contribution in [3.05, 3.63) is 64.7 Å². The summed E-state index contributed by atoms with van der Waals surface area (Å²) in [4.78, 5) is 29.9. The Morgan fingerprint density at radius 2 is 1.90 bits per heavy atom. The first-order valence-corrected chi connectivity index (χ1v) is 11.2. The lowest BCUT2D eigenvalue weighted by atomic mass is 10.0. The quantitative estimate of drug-likeness (QED) is 0.707. The molecule has 3 aliphatic rings. The van der Waals surface area contributed by atoms with Gasteiger partial charge in [-0.05, 0) is 50.5 Å². The van der Waals surface area contributed by atoms with E-state index >= 15 is 0 Å². The maximum Gasteiger partial charge on any atom is 0.268 e. The number of nitrogens with zero attached hydrogens (tertiary/aromatic N) is 2. The number of anilines is 1. The van der Waals surface area contributed by atoms with Gasteiger partial charge in [0.1, 0.15) is 0 Å². The van der Waals surface area contributed by atoms with Gasteiger partial charge in [-0.1, -0.05) is 41.9 Å². The highest BCUT2D eigenvalue weighted by Gasteiger charge is 2.64. The number of rotatable bonds is 3. The molecule has 1 saturated carbocycles. The second-order valence-electron chi connectivity index (χ2n) is 8.74. The molecular weight excluding hydrogens is 404 g/mol. The molecule has 0 bridgehead atoms. The third-order valence-electron chi connectivity index (χ3n) is 5.87. The number of hydrogen-bond donors (Lipinski definition) is 0. The molecule has 2 aromatic rings. The van der Waals surface area contributed by atoms with E-state index in [1.807, 2.05) is 58.3 Å². The highest BCUT2D eigenvalue weighted by atomic mass is 35.5. The molecule has 6 heteroatoms. The van der Waals surface area contributed by atoms with Crippen molar-refractivity contribution in [2.75, 3.05) is 11.4 Å². The van der Waals surface area contributed by atoms with E-state index in [9.17, 15) is 9.59 Å². The molecule has 2 amide bonds. The van der Waals surface area contributed by atoms with Crippen LogP contribution >= 0.6 is 23.4 Å². The van der Waals surface area contributed by atoms with Crippen LogP contribution in [0.2, 0.25) is 5.02 Å². The van der Waals surface area contributed by atoms with E-state index in [-0.39, 0.29) is 22.5 Å². The van der Waals surface area contributed by atoms with Crippen LogP contribution in [-0.4, -0.2) is 28.0 Å². The Morgan fingerprint density at radius 1 is 1.17 bits per heavy atom. The number of carbonyl (C=O) groups is 2. The molecule has 0 N–H and O–H groups in total. The number of hydrogen-bond acceptors (Lipinski definition) is 3. The van der Waals surface area contributed by atoms with E-state index in [1.165, 1.54) is 0 Å². The molecule has 5 rings (SSSR count). The molecule has 150 valence electrons. The molecule has 2 heterocycles. The molecule has 4 nitrogen and oxygen atoms in total. The Morgan fingerprint density at radius 3 is 2.59 bits per heavy atom. The van der Waals surface area contributed by atoms with Gasteiger partial charge >= 0.3 is 0 Å². The van der Waals surface area contributed by atoms with Crippen LogP contribution in [-0.2, 0) is 21.0 Å². The summed E-state index contributed by atoms with van der Waals surface area (Å²) in [5.74, 6) is 0.118. The first kappa shape index (κ1) is 19.0. The van der Waals surface area contributed by atoms with Gasteiger partial charge < -0.3 is 9.80 Å². The summed E-state index contributed by atoms with van der Waals surface area (Å²) in [5, 5.41) is 0.585. The number of carbonyl (C=O) groups excluding carboxylic acids is 2. The van der Waals surface area contributed by atoms with E-state index in [0.29, 0.717) is 18.1 Å². The maximum absolute atomic E-state index is 14.0. The maximum atomic E-state index is 14.0. The lowest BCUT2D eigenvalue weighted by Gasteiger charge is -2.33. The Balaban J connectivity index is 1.65. The van der Waals surface area contributed by atoms with Gasteiger partial charge in [0.05, 0.1) is 12.2 Å². The number of thioether (sulfide) groups is 1. The smallest absolute Gasteiger partial charge is 0.268 e. The molecule has 1 aliphatic carbocycles. The fourth-order valence-electron chi connectivity index (χ4n) is 4.47. The molecule has 2 aliphatic heterocycles. The van der Waals surface area contributed by atoms with Crippen molar-refractivity contribution in [1.29, 1.82) is 0 Å². The summed E-state index contributed by atoms with van der Waals surface area (Å²) in [5.41, 5.74) is 2.75. The van der Waals surface area contributed by atoms with Crippen LogP contribution in [0.1, 0.15) is 37.8 Å². The first-order valence-electron chi connectivity index (χ1n) is 9.99. The van der Waals surface area contributed by atoms with Crippen molar-refractivity contribution in [2.24, 2.45) is 5.92 Å². The van der Waals surface area contributed by atoms with Crippen LogP contribution in [0.5, 0.6) is 0 Å². The van der Waals surface area contributed by atoms with Gasteiger partial charge in [-0.15, -0.1) is 11.8 Å². The van der Waals surface area contributed by atoms with Crippen molar-refractivity contribution < 1.29 is 9.59 Å². The predicted molar refractivity (Wildman–Crippen MR) is 117 cm³/mol. The standard InChI is InChI=1S/C23H23ClN2O2S/c1-22(2)14-26(20(27)16-8-9-16)23(29-22)18-12-17(24)10-11-19(18)25(21(23)28)13-15-6-4-3-5-7-15/h3-7,10-12,16H,8-9,13-14H2,1-2H3/t23-/m1/s1. The SMILES string of the molecule is CC1(C)CN(C(=O)C2CC2)[C@]2(S1)C(=O)N(Cc1ccccc1)c1ccc(Cl)cc12. The monoisotopic (exact) mass is 426 g/mol. The Kier molecular flexibility index (Phi) is 4.27. The minimum atomic E-state index is -1.03. The molecule has 2 fully saturated rings. The summed E-state index contributed by atoms with van der Waals surface area (Å²) in [7, 11) is 0. The van der Waals surface area contributed by atoms with Crippen LogP contribution in [0, 0.1) is 5.92 Å². The summed E-state index contributed by atoms with van der Waals surface area (Å²) in [6.45, 7) is 5.25. The van der Waals surface area contributed by atoms with Gasteiger partial charge in [-0.25, -0.2) is 0 Å². The van der Waals surface area contributed by atoms with E-state index in [2.05, 4.69) is 13.8 Å². The summed E-state index contributed by atoms with van der Waals surface area (Å²) in [6, 6.07) is 15.6. The summed E-state index contributed by atoms with van der Waals surface area (Å²) >= 11 is 7.96. The lowest BCUT2D eigenvalue weighted by molar-refractivity contribution is -0.141. The van der Waals surface area contributed by atoms with Crippen LogP contribution in [0.15, 0.2) is 48.5 Å². The molecule has 1 spiro atoms. The Bertz CT molecular complexity index is 1010. The largest absolute Gasteiger partial charge is 0.314 e. The average Bonchev–Trinajstić information content (AvgIpc) is 3.46. The van der Waals surface area contributed by atoms with Gasteiger partial charge in [0.2, 0.25) is 5.91 Å². The Hall–Kier alpha value is -1.98. The van der Waals surface area contributed by atoms with E-state index in [1.54, 1.807) is 11.8 Å². The molecule has 29 heavy (non-hydrogen) atoms. The summed E-state index contributed by atoms with van der Waals surface area (Å²) in [6.07, 6.45) is 1.83. The second kappa shape index (κ2) is 6.51. The van der Waals surface area contributed by atoms with E-state index < -0.39 is 4.87 Å². The fourth-order valence-corrected chi connectivity index (χ4v) is 6.37. The molecule has 0 unspecified atom stereocenters. The third-order valence-corrected chi connectivity index (χ3v) is 7.70. The average molecular weight is 427 g/mol. The molecule has 1 atom stereocenters. The molecule has 1 saturated heterocycles. The van der Waals surface area contributed by atoms with Crippen LogP contribution in [0.4, 0.5) is 5.69 Å². The van der Waals surface area contributed by atoms with Gasteiger partial charge in [0, 0.05) is 27.8 Å². The van der Waals surface area contributed by atoms with Crippen molar-refractivity contribution in [3.63, 3.8) is 0 Å². The molecular formula is C23H23ClN2O2S. The van der Waals surface area contributed by atoms with Crippen LogP contribution < -0.4 is 4.90 Å². The number of amides is 2. The zero-order valence-electron chi connectivity index (χ0n) is 16.5.